The molecule has 0 radical (unpaired) electrons. The van der Waals surface area contributed by atoms with Gasteiger partial charge in [0.15, 0.2) is 5.82 Å². The Morgan fingerprint density at radius 3 is 2.34 bits per heavy atom. The highest BCUT2D eigenvalue weighted by molar-refractivity contribution is 6.37. The van der Waals surface area contributed by atoms with Gasteiger partial charge >= 0.3 is 6.09 Å². The number of hydrogen-bond acceptors (Lipinski definition) is 5. The first-order valence-corrected chi connectivity index (χ1v) is 10.1. The van der Waals surface area contributed by atoms with Crippen LogP contribution in [0, 0.1) is 11.6 Å². The number of benzene rings is 1. The Hall–Kier alpha value is -1.93. The standard InChI is InChI=1S/C19H20Cl2F2N4O2/c1-19(2,3)29-18(28)27-9-4-5-10(27)8-26(7-9)16-13-14(20)11(22)6-12(23)15(13)24-17(21)25-16/h6,9-10H,4-5,7-8H2,1-3H3/t9-,10+. The van der Waals surface area contributed by atoms with E-state index < -0.39 is 17.2 Å². The monoisotopic (exact) mass is 444 g/mol. The zero-order valence-corrected chi connectivity index (χ0v) is 17.7. The molecule has 2 aliphatic heterocycles. The Morgan fingerprint density at radius 2 is 1.76 bits per heavy atom. The minimum absolute atomic E-state index is 0.0821. The minimum Gasteiger partial charge on any atom is -0.444 e. The summed E-state index contributed by atoms with van der Waals surface area (Å²) >= 11 is 12.1. The van der Waals surface area contributed by atoms with Crippen molar-refractivity contribution in [2.24, 2.45) is 0 Å². The van der Waals surface area contributed by atoms with E-state index in [0.717, 1.165) is 12.8 Å². The molecule has 156 valence electrons. The van der Waals surface area contributed by atoms with Crippen molar-refractivity contribution in [3.05, 3.63) is 28.0 Å². The third-order valence-electron chi connectivity index (χ3n) is 5.16. The van der Waals surface area contributed by atoms with Crippen LogP contribution in [0.5, 0.6) is 0 Å². The molecule has 2 aromatic rings. The van der Waals surface area contributed by atoms with Crippen molar-refractivity contribution in [2.45, 2.75) is 51.3 Å². The van der Waals surface area contributed by atoms with E-state index in [4.69, 9.17) is 27.9 Å². The second-order valence-electron chi connectivity index (χ2n) is 8.37. The van der Waals surface area contributed by atoms with E-state index in [0.29, 0.717) is 19.2 Å². The predicted molar refractivity (Wildman–Crippen MR) is 107 cm³/mol. The molecule has 0 unspecified atom stereocenters. The summed E-state index contributed by atoms with van der Waals surface area (Å²) in [6.45, 7) is 6.31. The van der Waals surface area contributed by atoms with Gasteiger partial charge in [-0.25, -0.2) is 18.6 Å². The van der Waals surface area contributed by atoms with Gasteiger partial charge in [0.1, 0.15) is 22.8 Å². The number of aromatic nitrogens is 2. The molecule has 1 aromatic heterocycles. The molecule has 10 heteroatoms. The number of carbonyl (C=O) groups is 1. The molecule has 1 amide bonds. The molecular formula is C19H20Cl2F2N4O2. The van der Waals surface area contributed by atoms with Crippen molar-refractivity contribution in [3.63, 3.8) is 0 Å². The summed E-state index contributed by atoms with van der Waals surface area (Å²) in [7, 11) is 0. The van der Waals surface area contributed by atoms with Gasteiger partial charge in [-0.15, -0.1) is 0 Å². The number of piperazine rings is 1. The van der Waals surface area contributed by atoms with Crippen LogP contribution >= 0.6 is 23.2 Å². The molecule has 2 fully saturated rings. The first-order valence-electron chi connectivity index (χ1n) is 9.32. The normalized spacial score (nSPS) is 21.8. The molecule has 0 N–H and O–H groups in total. The Labute approximate surface area is 176 Å². The lowest BCUT2D eigenvalue weighted by atomic mass is 10.1. The number of carbonyl (C=O) groups excluding carboxylic acids is 1. The molecule has 2 aliphatic rings. The van der Waals surface area contributed by atoms with Crippen LogP contribution in [-0.2, 0) is 4.74 Å². The molecule has 29 heavy (non-hydrogen) atoms. The number of hydrogen-bond donors (Lipinski definition) is 0. The quantitative estimate of drug-likeness (QED) is 0.466. The van der Waals surface area contributed by atoms with Crippen LogP contribution in [0.4, 0.5) is 19.4 Å². The van der Waals surface area contributed by atoms with E-state index in [1.54, 1.807) is 4.90 Å². The summed E-state index contributed by atoms with van der Waals surface area (Å²) in [4.78, 5) is 24.4. The predicted octanol–water partition coefficient (Wildman–Crippen LogP) is 4.80. The highest BCUT2D eigenvalue weighted by atomic mass is 35.5. The van der Waals surface area contributed by atoms with Gasteiger partial charge in [0.25, 0.3) is 0 Å². The fourth-order valence-electron chi connectivity index (χ4n) is 4.08. The highest BCUT2D eigenvalue weighted by Gasteiger charge is 2.45. The van der Waals surface area contributed by atoms with Crippen LogP contribution in [0.15, 0.2) is 6.07 Å². The lowest BCUT2D eigenvalue weighted by Crippen LogP contribution is -2.57. The van der Waals surface area contributed by atoms with Crippen molar-refractivity contribution in [1.82, 2.24) is 14.9 Å². The average molecular weight is 445 g/mol. The second kappa shape index (κ2) is 7.09. The number of rotatable bonds is 1. The topological polar surface area (TPSA) is 58.6 Å². The number of ether oxygens (including phenoxy) is 1. The third kappa shape index (κ3) is 3.68. The lowest BCUT2D eigenvalue weighted by Gasteiger charge is -2.42. The number of fused-ring (bicyclic) bond motifs is 3. The van der Waals surface area contributed by atoms with E-state index in [9.17, 15) is 13.6 Å². The van der Waals surface area contributed by atoms with Crippen molar-refractivity contribution < 1.29 is 18.3 Å². The fraction of sp³-hybridized carbons (Fsp3) is 0.526. The zero-order chi connectivity index (χ0) is 21.1. The number of amides is 1. The maximum atomic E-state index is 14.3. The van der Waals surface area contributed by atoms with Crippen molar-refractivity contribution in [2.75, 3.05) is 18.0 Å². The molecule has 4 rings (SSSR count). The fourth-order valence-corrected chi connectivity index (χ4v) is 4.47. The van der Waals surface area contributed by atoms with Gasteiger partial charge in [-0.3, -0.25) is 4.90 Å². The molecule has 2 saturated heterocycles. The summed E-state index contributed by atoms with van der Waals surface area (Å²) in [5.41, 5.74) is -0.722. The van der Waals surface area contributed by atoms with Gasteiger partial charge in [-0.2, -0.15) is 4.98 Å². The van der Waals surface area contributed by atoms with Gasteiger partial charge in [-0.05, 0) is 45.2 Å². The summed E-state index contributed by atoms with van der Waals surface area (Å²) in [6, 6.07) is 0.469. The Morgan fingerprint density at radius 1 is 1.14 bits per heavy atom. The SMILES string of the molecule is CC(C)(C)OC(=O)N1[C@@H]2CC[C@H]1CN(c1nc(Cl)nc3c(F)cc(F)c(Cl)c13)C2. The van der Waals surface area contributed by atoms with E-state index in [1.165, 1.54) is 0 Å². The smallest absolute Gasteiger partial charge is 0.410 e. The molecule has 1 aromatic carbocycles. The number of halogens is 4. The summed E-state index contributed by atoms with van der Waals surface area (Å²) < 4.78 is 34.0. The van der Waals surface area contributed by atoms with Crippen molar-refractivity contribution in [1.29, 1.82) is 0 Å². The van der Waals surface area contributed by atoms with E-state index in [1.807, 2.05) is 25.7 Å². The van der Waals surface area contributed by atoms with Gasteiger partial charge in [0.05, 0.1) is 22.5 Å². The van der Waals surface area contributed by atoms with Crippen LogP contribution in [-0.4, -0.2) is 51.7 Å². The summed E-state index contributed by atoms with van der Waals surface area (Å²) in [5, 5.41) is -0.329. The largest absolute Gasteiger partial charge is 0.444 e. The molecular weight excluding hydrogens is 425 g/mol. The van der Waals surface area contributed by atoms with Gasteiger partial charge in [0.2, 0.25) is 5.28 Å². The van der Waals surface area contributed by atoms with Crippen LogP contribution in [0.1, 0.15) is 33.6 Å². The van der Waals surface area contributed by atoms with Crippen LogP contribution in [0.25, 0.3) is 10.9 Å². The van der Waals surface area contributed by atoms with E-state index in [2.05, 4.69) is 9.97 Å². The van der Waals surface area contributed by atoms with Gasteiger partial charge < -0.3 is 9.64 Å². The van der Waals surface area contributed by atoms with Gasteiger partial charge in [0, 0.05) is 19.2 Å². The van der Waals surface area contributed by atoms with Crippen LogP contribution < -0.4 is 4.90 Å². The molecule has 0 saturated carbocycles. The average Bonchev–Trinajstić information content (AvgIpc) is 2.88. The molecule has 3 heterocycles. The third-order valence-corrected chi connectivity index (χ3v) is 5.70. The van der Waals surface area contributed by atoms with Crippen molar-refractivity contribution in [3.8, 4) is 0 Å². The Bertz CT molecular complexity index is 985. The molecule has 6 nitrogen and oxygen atoms in total. The van der Waals surface area contributed by atoms with Crippen molar-refractivity contribution >= 4 is 46.0 Å². The zero-order valence-electron chi connectivity index (χ0n) is 16.2. The molecule has 0 spiro atoms. The molecule has 0 aliphatic carbocycles. The van der Waals surface area contributed by atoms with Gasteiger partial charge in [-0.1, -0.05) is 11.6 Å². The lowest BCUT2D eigenvalue weighted by molar-refractivity contribution is 0.0123. The van der Waals surface area contributed by atoms with Crippen LogP contribution in [0.3, 0.4) is 0 Å². The van der Waals surface area contributed by atoms with E-state index >= 15 is 0 Å². The Balaban J connectivity index is 1.70. The second-order valence-corrected chi connectivity index (χ2v) is 9.09. The highest BCUT2D eigenvalue weighted by Crippen LogP contribution is 2.39. The number of nitrogens with zero attached hydrogens (tertiary/aromatic N) is 4. The van der Waals surface area contributed by atoms with E-state index in [-0.39, 0.29) is 45.2 Å². The molecule has 2 atom stereocenters. The first-order chi connectivity index (χ1) is 13.5. The maximum absolute atomic E-state index is 14.3. The van der Waals surface area contributed by atoms with Crippen LogP contribution in [0.2, 0.25) is 10.3 Å². The summed E-state index contributed by atoms with van der Waals surface area (Å²) in [6.07, 6.45) is 1.24. The minimum atomic E-state index is -0.890. The first kappa shape index (κ1) is 20.3. The molecule has 2 bridgehead atoms. The summed E-state index contributed by atoms with van der Waals surface area (Å²) in [5.74, 6) is -1.48. The number of anilines is 1. The Kier molecular flexibility index (Phi) is 4.98. The maximum Gasteiger partial charge on any atom is 0.410 e.